The lowest BCUT2D eigenvalue weighted by molar-refractivity contribution is -0.126. The van der Waals surface area contributed by atoms with E-state index < -0.39 is 0 Å². The highest BCUT2D eigenvalue weighted by Crippen LogP contribution is 2.32. The summed E-state index contributed by atoms with van der Waals surface area (Å²) >= 11 is 0. The van der Waals surface area contributed by atoms with Gasteiger partial charge in [-0.3, -0.25) is 9.69 Å². The van der Waals surface area contributed by atoms with Crippen molar-refractivity contribution in [3.05, 3.63) is 0 Å². The average molecular weight is 265 g/mol. The first-order valence-corrected chi connectivity index (χ1v) is 8.59. The Hall–Kier alpha value is -0.370. The Labute approximate surface area is 118 Å². The third-order valence-corrected chi connectivity index (χ3v) is 5.03. The molecule has 2 fully saturated rings. The second-order valence-corrected chi connectivity index (χ2v) is 6.48. The predicted molar refractivity (Wildman–Crippen MR) is 80.3 cm³/mol. The smallest absolute Gasteiger partial charge is 0.137 e. The Morgan fingerprint density at radius 1 is 1.05 bits per heavy atom. The van der Waals surface area contributed by atoms with Crippen molar-refractivity contribution in [3.8, 4) is 0 Å². The molecule has 0 aromatic rings. The van der Waals surface area contributed by atoms with Gasteiger partial charge in [0.05, 0.1) is 0 Å². The first-order valence-electron chi connectivity index (χ1n) is 8.59. The van der Waals surface area contributed by atoms with Gasteiger partial charge in [-0.15, -0.1) is 0 Å². The molecule has 2 heteroatoms. The SMILES string of the molecule is CCCCCCCN1CCCC1C1CCCCC1=O. The van der Waals surface area contributed by atoms with Gasteiger partial charge >= 0.3 is 0 Å². The number of carbonyl (C=O) groups excluding carboxylic acids is 1. The van der Waals surface area contributed by atoms with Crippen molar-refractivity contribution in [2.45, 2.75) is 83.6 Å². The van der Waals surface area contributed by atoms with Crippen LogP contribution in [0, 0.1) is 5.92 Å². The lowest BCUT2D eigenvalue weighted by Gasteiger charge is -2.33. The van der Waals surface area contributed by atoms with Gasteiger partial charge in [-0.05, 0) is 45.2 Å². The van der Waals surface area contributed by atoms with Crippen molar-refractivity contribution in [2.75, 3.05) is 13.1 Å². The van der Waals surface area contributed by atoms with Crippen LogP contribution in [0.1, 0.15) is 77.6 Å². The van der Waals surface area contributed by atoms with E-state index in [1.165, 1.54) is 64.5 Å². The molecule has 0 amide bonds. The first kappa shape index (κ1) is 15.0. The molecule has 19 heavy (non-hydrogen) atoms. The van der Waals surface area contributed by atoms with E-state index in [4.69, 9.17) is 0 Å². The summed E-state index contributed by atoms with van der Waals surface area (Å²) in [6, 6.07) is 0.596. The zero-order valence-electron chi connectivity index (χ0n) is 12.7. The minimum Gasteiger partial charge on any atom is -0.300 e. The monoisotopic (exact) mass is 265 g/mol. The third-order valence-electron chi connectivity index (χ3n) is 5.03. The summed E-state index contributed by atoms with van der Waals surface area (Å²) in [5, 5.41) is 0. The van der Waals surface area contributed by atoms with Crippen LogP contribution in [-0.4, -0.2) is 29.8 Å². The van der Waals surface area contributed by atoms with Crippen LogP contribution in [0.15, 0.2) is 0 Å². The van der Waals surface area contributed by atoms with Crippen molar-refractivity contribution >= 4 is 5.78 Å². The molecule has 2 aliphatic rings. The van der Waals surface area contributed by atoms with Gasteiger partial charge in [-0.2, -0.15) is 0 Å². The maximum Gasteiger partial charge on any atom is 0.137 e. The van der Waals surface area contributed by atoms with Gasteiger partial charge in [-0.1, -0.05) is 39.0 Å². The van der Waals surface area contributed by atoms with E-state index in [9.17, 15) is 4.79 Å². The Kier molecular flexibility index (Phi) is 6.36. The number of carbonyl (C=O) groups is 1. The average Bonchev–Trinajstić information content (AvgIpc) is 2.87. The summed E-state index contributed by atoms with van der Waals surface area (Å²) in [7, 11) is 0. The fraction of sp³-hybridized carbons (Fsp3) is 0.941. The molecular weight excluding hydrogens is 234 g/mol. The van der Waals surface area contributed by atoms with Crippen molar-refractivity contribution in [2.24, 2.45) is 5.92 Å². The molecule has 1 saturated carbocycles. The minimum absolute atomic E-state index is 0.381. The Morgan fingerprint density at radius 2 is 1.89 bits per heavy atom. The number of ketones is 1. The molecule has 2 atom stereocenters. The maximum absolute atomic E-state index is 12.1. The van der Waals surface area contributed by atoms with Crippen LogP contribution >= 0.6 is 0 Å². The standard InChI is InChI=1S/C17H31NO/c1-2-3-4-5-8-13-18-14-9-11-16(18)15-10-6-7-12-17(15)19/h15-16H,2-14H2,1H3. The lowest BCUT2D eigenvalue weighted by atomic mass is 9.82. The lowest BCUT2D eigenvalue weighted by Crippen LogP contribution is -2.41. The molecule has 2 nitrogen and oxygen atoms in total. The van der Waals surface area contributed by atoms with E-state index >= 15 is 0 Å². The Bertz CT molecular complexity index is 276. The fourth-order valence-electron chi connectivity index (χ4n) is 3.92. The Morgan fingerprint density at radius 3 is 2.68 bits per heavy atom. The second-order valence-electron chi connectivity index (χ2n) is 6.48. The summed E-state index contributed by atoms with van der Waals surface area (Å²) in [5.74, 6) is 0.945. The number of rotatable bonds is 7. The van der Waals surface area contributed by atoms with Gasteiger partial charge in [0.25, 0.3) is 0 Å². The number of hydrogen-bond donors (Lipinski definition) is 0. The van der Waals surface area contributed by atoms with Crippen LogP contribution in [-0.2, 0) is 4.79 Å². The molecule has 1 heterocycles. The summed E-state index contributed by atoms with van der Waals surface area (Å²) in [6.07, 6.45) is 13.8. The minimum atomic E-state index is 0.381. The molecule has 0 radical (unpaired) electrons. The molecule has 0 bridgehead atoms. The van der Waals surface area contributed by atoms with Crippen molar-refractivity contribution < 1.29 is 4.79 Å². The third kappa shape index (κ3) is 4.30. The van der Waals surface area contributed by atoms with E-state index in [1.807, 2.05) is 0 Å². The normalized spacial score (nSPS) is 29.0. The molecule has 1 aliphatic carbocycles. The van der Waals surface area contributed by atoms with Crippen LogP contribution in [0.25, 0.3) is 0 Å². The summed E-state index contributed by atoms with van der Waals surface area (Å²) < 4.78 is 0. The number of likely N-dealkylation sites (tertiary alicyclic amines) is 1. The van der Waals surface area contributed by atoms with Gasteiger partial charge in [0.2, 0.25) is 0 Å². The number of Topliss-reactive ketones (excluding diaryl/α,β-unsaturated/α-hetero) is 1. The van der Waals surface area contributed by atoms with Crippen molar-refractivity contribution in [1.82, 2.24) is 4.90 Å². The van der Waals surface area contributed by atoms with Crippen LogP contribution < -0.4 is 0 Å². The van der Waals surface area contributed by atoms with Crippen molar-refractivity contribution in [3.63, 3.8) is 0 Å². The molecule has 1 aliphatic heterocycles. The highest BCUT2D eigenvalue weighted by Gasteiger charge is 2.36. The number of nitrogens with zero attached hydrogens (tertiary/aromatic N) is 1. The van der Waals surface area contributed by atoms with E-state index in [-0.39, 0.29) is 0 Å². The van der Waals surface area contributed by atoms with E-state index in [0.29, 0.717) is 17.7 Å². The zero-order valence-corrected chi connectivity index (χ0v) is 12.7. The molecule has 0 aromatic carbocycles. The predicted octanol–water partition coefficient (Wildman–Crippen LogP) is 4.18. The molecule has 0 aromatic heterocycles. The number of hydrogen-bond acceptors (Lipinski definition) is 2. The molecule has 0 spiro atoms. The summed E-state index contributed by atoms with van der Waals surface area (Å²) in [4.78, 5) is 14.8. The van der Waals surface area contributed by atoms with E-state index in [1.54, 1.807) is 0 Å². The van der Waals surface area contributed by atoms with E-state index in [2.05, 4.69) is 11.8 Å². The summed E-state index contributed by atoms with van der Waals surface area (Å²) in [6.45, 7) is 4.74. The van der Waals surface area contributed by atoms with Crippen LogP contribution in [0.4, 0.5) is 0 Å². The number of unbranched alkanes of at least 4 members (excludes halogenated alkanes) is 4. The molecular formula is C17H31NO. The van der Waals surface area contributed by atoms with E-state index in [0.717, 1.165) is 19.3 Å². The van der Waals surface area contributed by atoms with Crippen LogP contribution in [0.5, 0.6) is 0 Å². The molecule has 2 rings (SSSR count). The molecule has 2 unspecified atom stereocenters. The first-order chi connectivity index (χ1) is 9.33. The molecule has 1 saturated heterocycles. The van der Waals surface area contributed by atoms with Gasteiger partial charge in [-0.25, -0.2) is 0 Å². The topological polar surface area (TPSA) is 20.3 Å². The fourth-order valence-corrected chi connectivity index (χ4v) is 3.92. The van der Waals surface area contributed by atoms with Crippen LogP contribution in [0.2, 0.25) is 0 Å². The highest BCUT2D eigenvalue weighted by atomic mass is 16.1. The molecule has 0 N–H and O–H groups in total. The maximum atomic E-state index is 12.1. The second kappa shape index (κ2) is 8.04. The van der Waals surface area contributed by atoms with Crippen LogP contribution in [0.3, 0.4) is 0 Å². The highest BCUT2D eigenvalue weighted by molar-refractivity contribution is 5.82. The van der Waals surface area contributed by atoms with Crippen molar-refractivity contribution in [1.29, 1.82) is 0 Å². The van der Waals surface area contributed by atoms with Gasteiger partial charge in [0.15, 0.2) is 0 Å². The zero-order chi connectivity index (χ0) is 13.5. The quantitative estimate of drug-likeness (QED) is 0.644. The van der Waals surface area contributed by atoms with Gasteiger partial charge in [0, 0.05) is 18.4 Å². The van der Waals surface area contributed by atoms with Gasteiger partial charge in [0.1, 0.15) is 5.78 Å². The summed E-state index contributed by atoms with van der Waals surface area (Å²) in [5.41, 5.74) is 0. The Balaban J connectivity index is 1.74. The molecule has 110 valence electrons. The largest absolute Gasteiger partial charge is 0.300 e. The van der Waals surface area contributed by atoms with Gasteiger partial charge < -0.3 is 0 Å².